The molecule has 1 aromatic carbocycles. The van der Waals surface area contributed by atoms with E-state index in [1.54, 1.807) is 23.9 Å². The summed E-state index contributed by atoms with van der Waals surface area (Å²) in [5.74, 6) is 0.782. The largest absolute Gasteiger partial charge is 0.477 e. The van der Waals surface area contributed by atoms with E-state index in [-0.39, 0.29) is 5.78 Å². The summed E-state index contributed by atoms with van der Waals surface area (Å²) in [6.07, 6.45) is 0. The molecule has 0 aliphatic rings. The third-order valence-corrected chi connectivity index (χ3v) is 5.05. The number of ether oxygens (including phenoxy) is 1. The molecule has 0 amide bonds. The van der Waals surface area contributed by atoms with Crippen LogP contribution in [0.25, 0.3) is 5.57 Å². The number of halogens is 1. The van der Waals surface area contributed by atoms with Crippen molar-refractivity contribution in [3.05, 3.63) is 50.7 Å². The minimum absolute atomic E-state index is 0.0867. The standard InChI is InChI=1S/C22H29ClN2O2/c1-12(2)11-27-22-20(16(7)24-25(22)8)21(26)17-9-10-18(23)19(15(17)6)14(5)13(3)4/h9-10,12H,11H2,1-8H3. The first-order chi connectivity index (χ1) is 12.6. The highest BCUT2D eigenvalue weighted by Crippen LogP contribution is 2.34. The van der Waals surface area contributed by atoms with E-state index in [0.29, 0.717) is 40.2 Å². The molecule has 0 spiro atoms. The number of allylic oxidation sites excluding steroid dienone is 2. The topological polar surface area (TPSA) is 44.1 Å². The Morgan fingerprint density at radius 1 is 1.19 bits per heavy atom. The lowest BCUT2D eigenvalue weighted by molar-refractivity contribution is 0.103. The molecular formula is C22H29ClN2O2. The van der Waals surface area contributed by atoms with Crippen molar-refractivity contribution in [2.45, 2.75) is 48.5 Å². The van der Waals surface area contributed by atoms with Gasteiger partial charge in [-0.3, -0.25) is 4.79 Å². The molecule has 1 aromatic heterocycles. The molecule has 0 fully saturated rings. The van der Waals surface area contributed by atoms with Crippen LogP contribution in [0, 0.1) is 19.8 Å². The molecule has 2 rings (SSSR count). The highest BCUT2D eigenvalue weighted by Gasteiger charge is 2.26. The van der Waals surface area contributed by atoms with E-state index >= 15 is 0 Å². The van der Waals surface area contributed by atoms with Crippen molar-refractivity contribution >= 4 is 23.0 Å². The van der Waals surface area contributed by atoms with E-state index < -0.39 is 0 Å². The van der Waals surface area contributed by atoms with E-state index in [9.17, 15) is 4.79 Å². The molecule has 0 saturated carbocycles. The Labute approximate surface area is 167 Å². The Morgan fingerprint density at radius 3 is 2.37 bits per heavy atom. The number of carbonyl (C=O) groups is 1. The normalized spacial score (nSPS) is 11.0. The Bertz CT molecular complexity index is 904. The fourth-order valence-electron chi connectivity index (χ4n) is 3.08. The van der Waals surface area contributed by atoms with Crippen molar-refractivity contribution in [2.24, 2.45) is 13.0 Å². The number of aryl methyl sites for hydroxylation is 2. The molecule has 146 valence electrons. The number of ketones is 1. The molecule has 0 aliphatic carbocycles. The minimum Gasteiger partial charge on any atom is -0.477 e. The van der Waals surface area contributed by atoms with Crippen LogP contribution in [0.1, 0.15) is 67.4 Å². The van der Waals surface area contributed by atoms with E-state index in [1.165, 1.54) is 5.57 Å². The smallest absolute Gasteiger partial charge is 0.223 e. The quantitative estimate of drug-likeness (QED) is 0.590. The third-order valence-electron chi connectivity index (χ3n) is 4.73. The van der Waals surface area contributed by atoms with Gasteiger partial charge in [-0.15, -0.1) is 0 Å². The van der Waals surface area contributed by atoms with Crippen molar-refractivity contribution in [2.75, 3.05) is 6.61 Å². The number of carbonyl (C=O) groups excluding carboxylic acids is 1. The van der Waals surface area contributed by atoms with E-state index in [0.717, 1.165) is 16.7 Å². The van der Waals surface area contributed by atoms with Gasteiger partial charge in [0.05, 0.1) is 12.3 Å². The van der Waals surface area contributed by atoms with Gasteiger partial charge in [-0.05, 0) is 69.4 Å². The molecule has 0 unspecified atom stereocenters. The number of hydrogen-bond acceptors (Lipinski definition) is 3. The second-order valence-corrected chi connectivity index (χ2v) is 8.05. The SMILES string of the molecule is CC(C)=C(C)c1c(Cl)ccc(C(=O)c2c(C)nn(C)c2OCC(C)C)c1C. The first-order valence-electron chi connectivity index (χ1n) is 9.20. The van der Waals surface area contributed by atoms with Crippen LogP contribution in [-0.4, -0.2) is 22.2 Å². The molecule has 1 heterocycles. The lowest BCUT2D eigenvalue weighted by atomic mass is 9.91. The van der Waals surface area contributed by atoms with Crippen molar-refractivity contribution in [1.82, 2.24) is 9.78 Å². The average Bonchev–Trinajstić information content (AvgIpc) is 2.85. The summed E-state index contributed by atoms with van der Waals surface area (Å²) in [6.45, 7) is 14.6. The summed E-state index contributed by atoms with van der Waals surface area (Å²) in [7, 11) is 1.80. The second-order valence-electron chi connectivity index (χ2n) is 7.64. The van der Waals surface area contributed by atoms with Gasteiger partial charge in [0.1, 0.15) is 5.56 Å². The van der Waals surface area contributed by atoms with Gasteiger partial charge in [-0.2, -0.15) is 5.10 Å². The maximum Gasteiger partial charge on any atom is 0.223 e. The Balaban J connectivity index is 2.60. The van der Waals surface area contributed by atoms with Crippen molar-refractivity contribution in [3.8, 4) is 5.88 Å². The zero-order chi connectivity index (χ0) is 20.5. The van der Waals surface area contributed by atoms with Crippen LogP contribution in [0.15, 0.2) is 17.7 Å². The number of nitrogens with zero attached hydrogens (tertiary/aromatic N) is 2. The fraction of sp³-hybridized carbons (Fsp3) is 0.455. The number of benzene rings is 1. The predicted molar refractivity (Wildman–Crippen MR) is 112 cm³/mol. The Morgan fingerprint density at radius 2 is 1.81 bits per heavy atom. The molecule has 4 nitrogen and oxygen atoms in total. The van der Waals surface area contributed by atoms with E-state index in [2.05, 4.69) is 18.9 Å². The predicted octanol–water partition coefficient (Wildman–Crippen LogP) is 5.77. The summed E-state index contributed by atoms with van der Waals surface area (Å²) in [6, 6.07) is 3.59. The van der Waals surface area contributed by atoms with Gasteiger partial charge in [0.2, 0.25) is 11.7 Å². The van der Waals surface area contributed by atoms with Crippen LogP contribution in [0.2, 0.25) is 5.02 Å². The monoisotopic (exact) mass is 388 g/mol. The van der Waals surface area contributed by atoms with Crippen LogP contribution < -0.4 is 4.74 Å². The molecule has 0 aliphatic heterocycles. The minimum atomic E-state index is -0.0867. The summed E-state index contributed by atoms with van der Waals surface area (Å²) in [5, 5.41) is 5.06. The van der Waals surface area contributed by atoms with Crippen LogP contribution in [0.4, 0.5) is 0 Å². The second kappa shape index (κ2) is 8.30. The van der Waals surface area contributed by atoms with Crippen LogP contribution in [0.3, 0.4) is 0 Å². The van der Waals surface area contributed by atoms with Gasteiger partial charge in [0.15, 0.2) is 0 Å². The molecule has 2 aromatic rings. The number of hydrogen-bond donors (Lipinski definition) is 0. The third kappa shape index (κ3) is 4.27. The lowest BCUT2D eigenvalue weighted by Crippen LogP contribution is -2.12. The molecule has 0 saturated heterocycles. The van der Waals surface area contributed by atoms with Crippen molar-refractivity contribution < 1.29 is 9.53 Å². The highest BCUT2D eigenvalue weighted by molar-refractivity contribution is 6.32. The van der Waals surface area contributed by atoms with Crippen LogP contribution >= 0.6 is 11.6 Å². The number of rotatable bonds is 6. The molecule has 0 radical (unpaired) electrons. The molecule has 5 heteroatoms. The first kappa shape index (κ1) is 21.2. The van der Waals surface area contributed by atoms with Gasteiger partial charge in [0, 0.05) is 17.6 Å². The fourth-order valence-corrected chi connectivity index (χ4v) is 3.43. The number of aromatic nitrogens is 2. The van der Waals surface area contributed by atoms with Crippen molar-refractivity contribution in [1.29, 1.82) is 0 Å². The van der Waals surface area contributed by atoms with Gasteiger partial charge in [-0.25, -0.2) is 4.68 Å². The van der Waals surface area contributed by atoms with Crippen molar-refractivity contribution in [3.63, 3.8) is 0 Å². The molecule has 0 atom stereocenters. The lowest BCUT2D eigenvalue weighted by Gasteiger charge is -2.15. The summed E-state index contributed by atoms with van der Waals surface area (Å²) in [4.78, 5) is 13.4. The molecule has 0 N–H and O–H groups in total. The van der Waals surface area contributed by atoms with Gasteiger partial charge in [0.25, 0.3) is 0 Å². The van der Waals surface area contributed by atoms with Gasteiger partial charge < -0.3 is 4.74 Å². The zero-order valence-electron chi connectivity index (χ0n) is 17.5. The molecule has 27 heavy (non-hydrogen) atoms. The van der Waals surface area contributed by atoms with Crippen LogP contribution in [-0.2, 0) is 7.05 Å². The summed E-state index contributed by atoms with van der Waals surface area (Å²) < 4.78 is 7.55. The van der Waals surface area contributed by atoms with E-state index in [4.69, 9.17) is 16.3 Å². The van der Waals surface area contributed by atoms with Gasteiger partial charge in [-0.1, -0.05) is 31.0 Å². The zero-order valence-corrected chi connectivity index (χ0v) is 18.3. The van der Waals surface area contributed by atoms with Gasteiger partial charge >= 0.3 is 0 Å². The van der Waals surface area contributed by atoms with Crippen LogP contribution in [0.5, 0.6) is 5.88 Å². The first-order valence-corrected chi connectivity index (χ1v) is 9.58. The maximum atomic E-state index is 13.4. The Kier molecular flexibility index (Phi) is 6.53. The molecular weight excluding hydrogens is 360 g/mol. The maximum absolute atomic E-state index is 13.4. The Hall–Kier alpha value is -2.07. The summed E-state index contributed by atoms with van der Waals surface area (Å²) in [5.41, 5.74) is 5.87. The summed E-state index contributed by atoms with van der Waals surface area (Å²) >= 11 is 6.46. The highest BCUT2D eigenvalue weighted by atomic mass is 35.5. The van der Waals surface area contributed by atoms with E-state index in [1.807, 2.05) is 34.6 Å². The molecule has 0 bridgehead atoms. The average molecular weight is 389 g/mol.